The summed E-state index contributed by atoms with van der Waals surface area (Å²) < 4.78 is 26.7. The molecule has 1 heterocycles. The van der Waals surface area contributed by atoms with E-state index in [2.05, 4.69) is 7.05 Å². The average molecular weight is 293 g/mol. The molecule has 1 aliphatic rings. The number of hydrogen-bond acceptors (Lipinski definition) is 1. The van der Waals surface area contributed by atoms with Gasteiger partial charge in [-0.3, -0.25) is 0 Å². The smallest absolute Gasteiger partial charge is 0.258 e. The van der Waals surface area contributed by atoms with Gasteiger partial charge in [-0.25, -0.2) is 8.78 Å². The van der Waals surface area contributed by atoms with Crippen molar-refractivity contribution in [2.24, 2.45) is 5.73 Å². The number of piperidine rings is 1. The second kappa shape index (κ2) is 6.50. The molecule has 2 N–H and O–H groups in total. The second-order valence-electron chi connectivity index (χ2n) is 5.88. The van der Waals surface area contributed by atoms with E-state index in [0.29, 0.717) is 13.1 Å². The molecule has 17 heavy (non-hydrogen) atoms. The number of nitrogens with two attached hydrogens (primary N) is 1. The fourth-order valence-corrected chi connectivity index (χ4v) is 1.89. The molecule has 6 heteroatoms. The minimum atomic E-state index is -2.43. The van der Waals surface area contributed by atoms with E-state index in [9.17, 15) is 8.78 Å². The van der Waals surface area contributed by atoms with Crippen molar-refractivity contribution in [1.82, 2.24) is 0 Å². The van der Waals surface area contributed by atoms with Gasteiger partial charge in [0.05, 0.1) is 39.5 Å². The standard InChI is InChI=1S/C11H23F2N2.2ClH/c1-10(2,14)4-7-15(3)8-5-11(12,13)6-9-15;;/h4-9,14H2,1-3H3;2*1H/q+1;;/p-1. The van der Waals surface area contributed by atoms with Crippen LogP contribution in [0.5, 0.6) is 0 Å². The monoisotopic (exact) mass is 292 g/mol. The number of rotatable bonds is 3. The Bertz CT molecular complexity index is 220. The van der Waals surface area contributed by atoms with Crippen LogP contribution in [0.2, 0.25) is 0 Å². The number of alkyl halides is 2. The zero-order valence-corrected chi connectivity index (χ0v) is 12.4. The van der Waals surface area contributed by atoms with Crippen LogP contribution in [0.25, 0.3) is 0 Å². The minimum Gasteiger partial charge on any atom is -1.00 e. The number of likely N-dealkylation sites (tertiary alicyclic amines) is 1. The van der Waals surface area contributed by atoms with E-state index in [1.54, 1.807) is 0 Å². The van der Waals surface area contributed by atoms with E-state index >= 15 is 0 Å². The summed E-state index contributed by atoms with van der Waals surface area (Å²) >= 11 is 0. The van der Waals surface area contributed by atoms with E-state index < -0.39 is 5.92 Å². The van der Waals surface area contributed by atoms with Crippen LogP contribution in [0, 0.1) is 0 Å². The van der Waals surface area contributed by atoms with Gasteiger partial charge in [0.25, 0.3) is 5.92 Å². The van der Waals surface area contributed by atoms with Gasteiger partial charge in [0.2, 0.25) is 0 Å². The lowest BCUT2D eigenvalue weighted by Crippen LogP contribution is -3.00. The molecule has 0 aliphatic carbocycles. The van der Waals surface area contributed by atoms with Crippen molar-refractivity contribution in [3.05, 3.63) is 0 Å². The van der Waals surface area contributed by atoms with Crippen LogP contribution in [0.4, 0.5) is 8.78 Å². The largest absolute Gasteiger partial charge is 1.00 e. The van der Waals surface area contributed by atoms with Crippen molar-refractivity contribution >= 4 is 12.4 Å². The summed E-state index contributed by atoms with van der Waals surface area (Å²) in [5, 5.41) is 0. The lowest BCUT2D eigenvalue weighted by Gasteiger charge is -2.41. The maximum atomic E-state index is 13.0. The summed E-state index contributed by atoms with van der Waals surface area (Å²) in [6, 6.07) is 0. The molecule has 1 rings (SSSR count). The quantitative estimate of drug-likeness (QED) is 0.692. The van der Waals surface area contributed by atoms with E-state index in [0.717, 1.165) is 17.4 Å². The predicted molar refractivity (Wildman–Crippen MR) is 65.1 cm³/mol. The molecule has 0 saturated carbocycles. The summed E-state index contributed by atoms with van der Waals surface area (Å²) in [4.78, 5) is 0. The van der Waals surface area contributed by atoms with Gasteiger partial charge in [0, 0.05) is 12.0 Å². The third-order valence-electron chi connectivity index (χ3n) is 3.33. The molecule has 0 aromatic rings. The number of quaternary nitrogens is 1. The van der Waals surface area contributed by atoms with E-state index in [1.807, 2.05) is 13.8 Å². The van der Waals surface area contributed by atoms with Crippen molar-refractivity contribution in [1.29, 1.82) is 0 Å². The predicted octanol–water partition coefficient (Wildman–Crippen LogP) is -0.585. The van der Waals surface area contributed by atoms with Crippen molar-refractivity contribution in [3.63, 3.8) is 0 Å². The van der Waals surface area contributed by atoms with Gasteiger partial charge < -0.3 is 22.6 Å². The van der Waals surface area contributed by atoms with E-state index in [-0.39, 0.29) is 43.2 Å². The van der Waals surface area contributed by atoms with Crippen molar-refractivity contribution in [3.8, 4) is 0 Å². The SMILES string of the molecule is CC(C)(N)CC[N+]1(C)CCC(F)(F)CC1.Cl.[Cl-]. The molecule has 106 valence electrons. The summed E-state index contributed by atoms with van der Waals surface area (Å²) in [5.74, 6) is -2.43. The third-order valence-corrected chi connectivity index (χ3v) is 3.33. The van der Waals surface area contributed by atoms with E-state index in [1.165, 1.54) is 0 Å². The highest BCUT2D eigenvalue weighted by atomic mass is 35.5. The van der Waals surface area contributed by atoms with Crippen molar-refractivity contribution < 1.29 is 25.7 Å². The van der Waals surface area contributed by atoms with Crippen LogP contribution >= 0.6 is 12.4 Å². The highest BCUT2D eigenvalue weighted by Gasteiger charge is 2.41. The van der Waals surface area contributed by atoms with Crippen LogP contribution < -0.4 is 18.1 Å². The highest BCUT2D eigenvalue weighted by molar-refractivity contribution is 5.85. The molecule has 1 aliphatic heterocycles. The van der Waals surface area contributed by atoms with Crippen LogP contribution in [-0.4, -0.2) is 42.6 Å². The summed E-state index contributed by atoms with van der Waals surface area (Å²) in [6.07, 6.45) is 0.929. The molecule has 0 aromatic heterocycles. The normalized spacial score (nSPS) is 22.2. The molecular formula is C11H24Cl2F2N2. The molecule has 0 radical (unpaired) electrons. The first kappa shape index (κ1) is 19.7. The Morgan fingerprint density at radius 3 is 2.00 bits per heavy atom. The average Bonchev–Trinajstić information content (AvgIpc) is 2.07. The van der Waals surface area contributed by atoms with Crippen LogP contribution in [-0.2, 0) is 0 Å². The molecule has 1 saturated heterocycles. The van der Waals surface area contributed by atoms with Crippen molar-refractivity contribution in [2.75, 3.05) is 26.7 Å². The molecule has 0 aromatic carbocycles. The van der Waals surface area contributed by atoms with Crippen LogP contribution in [0.1, 0.15) is 33.1 Å². The Hall–Kier alpha value is 0.360. The van der Waals surface area contributed by atoms with Crippen LogP contribution in [0.3, 0.4) is 0 Å². The number of hydrogen-bond donors (Lipinski definition) is 1. The zero-order chi connectivity index (χ0) is 11.7. The zero-order valence-electron chi connectivity index (χ0n) is 10.8. The number of nitrogens with zero attached hydrogens (tertiary/aromatic N) is 1. The summed E-state index contributed by atoms with van der Waals surface area (Å²) in [7, 11) is 2.06. The van der Waals surface area contributed by atoms with Gasteiger partial charge in [-0.1, -0.05) is 0 Å². The maximum absolute atomic E-state index is 13.0. The first-order valence-corrected chi connectivity index (χ1v) is 5.62. The first-order chi connectivity index (χ1) is 6.62. The molecule has 0 bridgehead atoms. The van der Waals surface area contributed by atoms with E-state index in [4.69, 9.17) is 5.73 Å². The third kappa shape index (κ3) is 7.39. The Morgan fingerprint density at radius 1 is 1.24 bits per heavy atom. The molecule has 0 amide bonds. The van der Waals surface area contributed by atoms with Gasteiger partial charge in [0.15, 0.2) is 0 Å². The fourth-order valence-electron chi connectivity index (χ4n) is 1.89. The Kier molecular flexibility index (Phi) is 7.54. The Labute approximate surface area is 115 Å². The minimum absolute atomic E-state index is 0. The maximum Gasteiger partial charge on any atom is 0.258 e. The number of halogens is 4. The second-order valence-corrected chi connectivity index (χ2v) is 5.88. The highest BCUT2D eigenvalue weighted by Crippen LogP contribution is 2.31. The van der Waals surface area contributed by atoms with Crippen molar-refractivity contribution in [2.45, 2.75) is 44.6 Å². The summed E-state index contributed by atoms with van der Waals surface area (Å²) in [5.41, 5.74) is 5.71. The summed E-state index contributed by atoms with van der Waals surface area (Å²) in [6.45, 7) is 6.02. The molecule has 2 nitrogen and oxygen atoms in total. The van der Waals surface area contributed by atoms with Gasteiger partial charge >= 0.3 is 0 Å². The Balaban J connectivity index is 0. The van der Waals surface area contributed by atoms with Gasteiger partial charge in [-0.05, 0) is 13.8 Å². The van der Waals surface area contributed by atoms with Crippen LogP contribution in [0.15, 0.2) is 0 Å². The molecule has 0 spiro atoms. The lowest BCUT2D eigenvalue weighted by molar-refractivity contribution is -0.917. The van der Waals surface area contributed by atoms with Gasteiger partial charge in [-0.2, -0.15) is 0 Å². The lowest BCUT2D eigenvalue weighted by atomic mass is 9.99. The molecule has 0 unspecified atom stereocenters. The topological polar surface area (TPSA) is 26.0 Å². The van der Waals surface area contributed by atoms with Gasteiger partial charge in [-0.15, -0.1) is 12.4 Å². The molecule has 1 fully saturated rings. The molecular weight excluding hydrogens is 269 g/mol. The molecule has 0 atom stereocenters. The Morgan fingerprint density at radius 2 is 1.65 bits per heavy atom. The van der Waals surface area contributed by atoms with Gasteiger partial charge in [0.1, 0.15) is 0 Å². The first-order valence-electron chi connectivity index (χ1n) is 5.62. The fraction of sp³-hybridized carbons (Fsp3) is 1.00.